The fourth-order valence-corrected chi connectivity index (χ4v) is 2.11. The van der Waals surface area contributed by atoms with Crippen LogP contribution in [0, 0.1) is 6.92 Å². The number of aryl methyl sites for hydroxylation is 1. The van der Waals surface area contributed by atoms with Gasteiger partial charge in [-0.3, -0.25) is 0 Å². The van der Waals surface area contributed by atoms with Crippen molar-refractivity contribution in [2.24, 2.45) is 0 Å². The Balaban J connectivity index is 2.20. The zero-order chi connectivity index (χ0) is 14.1. The van der Waals surface area contributed by atoms with Crippen molar-refractivity contribution in [1.82, 2.24) is 19.6 Å². The molecular weight excluding hydrogens is 256 g/mol. The van der Waals surface area contributed by atoms with E-state index < -0.39 is 0 Å². The molecule has 0 saturated heterocycles. The maximum Gasteiger partial charge on any atom is 0.252 e. The maximum absolute atomic E-state index is 5.33. The SMILES string of the molecule is COc1ccc(-c2ccnc3nc(C)nn23)cc1OC. The Hall–Kier alpha value is -2.63. The molecule has 0 N–H and O–H groups in total. The molecule has 3 rings (SSSR count). The number of rotatable bonds is 3. The first kappa shape index (κ1) is 12.4. The van der Waals surface area contributed by atoms with Crippen molar-refractivity contribution in [1.29, 1.82) is 0 Å². The molecule has 0 amide bonds. The first-order valence-corrected chi connectivity index (χ1v) is 6.13. The average Bonchev–Trinajstić information content (AvgIpc) is 2.86. The topological polar surface area (TPSA) is 61.5 Å². The molecule has 0 aliphatic rings. The zero-order valence-corrected chi connectivity index (χ0v) is 11.5. The Morgan fingerprint density at radius 2 is 1.85 bits per heavy atom. The highest BCUT2D eigenvalue weighted by atomic mass is 16.5. The second kappa shape index (κ2) is 4.80. The summed E-state index contributed by atoms with van der Waals surface area (Å²) >= 11 is 0. The number of nitrogens with zero attached hydrogens (tertiary/aromatic N) is 4. The molecular formula is C14H14N4O2. The monoisotopic (exact) mass is 270 g/mol. The van der Waals surface area contributed by atoms with Crippen molar-refractivity contribution in [3.05, 3.63) is 36.3 Å². The van der Waals surface area contributed by atoms with Crippen LogP contribution in [-0.2, 0) is 0 Å². The smallest absolute Gasteiger partial charge is 0.252 e. The number of ether oxygens (including phenoxy) is 2. The van der Waals surface area contributed by atoms with Gasteiger partial charge in [0, 0.05) is 11.8 Å². The maximum atomic E-state index is 5.33. The highest BCUT2D eigenvalue weighted by molar-refractivity contribution is 5.65. The van der Waals surface area contributed by atoms with Crippen LogP contribution in [0.5, 0.6) is 11.5 Å². The first-order valence-electron chi connectivity index (χ1n) is 6.13. The fraction of sp³-hybridized carbons (Fsp3) is 0.214. The second-order valence-corrected chi connectivity index (χ2v) is 4.27. The largest absolute Gasteiger partial charge is 0.493 e. The van der Waals surface area contributed by atoms with Crippen molar-refractivity contribution in [3.63, 3.8) is 0 Å². The van der Waals surface area contributed by atoms with Gasteiger partial charge in [-0.1, -0.05) is 0 Å². The average molecular weight is 270 g/mol. The molecule has 0 aliphatic carbocycles. The van der Waals surface area contributed by atoms with E-state index in [0.717, 1.165) is 11.3 Å². The first-order chi connectivity index (χ1) is 9.72. The molecule has 0 aliphatic heterocycles. The Bertz CT molecular complexity index is 767. The summed E-state index contributed by atoms with van der Waals surface area (Å²) in [6.07, 6.45) is 1.72. The van der Waals surface area contributed by atoms with Crippen LogP contribution < -0.4 is 9.47 Å². The van der Waals surface area contributed by atoms with Crippen molar-refractivity contribution in [2.75, 3.05) is 14.2 Å². The molecule has 3 aromatic rings. The molecule has 0 atom stereocenters. The molecule has 1 aromatic carbocycles. The number of aromatic nitrogens is 4. The molecule has 0 bridgehead atoms. The van der Waals surface area contributed by atoms with Crippen molar-refractivity contribution < 1.29 is 9.47 Å². The quantitative estimate of drug-likeness (QED) is 0.729. The van der Waals surface area contributed by atoms with E-state index in [1.165, 1.54) is 0 Å². The minimum atomic E-state index is 0.579. The molecule has 2 aromatic heterocycles. The third-order valence-electron chi connectivity index (χ3n) is 3.03. The van der Waals surface area contributed by atoms with Gasteiger partial charge in [0.25, 0.3) is 5.78 Å². The number of hydrogen-bond acceptors (Lipinski definition) is 5. The predicted molar refractivity (Wildman–Crippen MR) is 74.1 cm³/mol. The van der Waals surface area contributed by atoms with E-state index in [1.807, 2.05) is 31.2 Å². The summed E-state index contributed by atoms with van der Waals surface area (Å²) < 4.78 is 12.3. The standard InChI is InChI=1S/C14H14N4O2/c1-9-16-14-15-7-6-11(18(14)17-9)10-4-5-12(19-2)13(8-10)20-3/h4-8H,1-3H3. The van der Waals surface area contributed by atoms with Gasteiger partial charge >= 0.3 is 0 Å². The fourth-order valence-electron chi connectivity index (χ4n) is 2.11. The molecule has 20 heavy (non-hydrogen) atoms. The van der Waals surface area contributed by atoms with E-state index in [4.69, 9.17) is 9.47 Å². The van der Waals surface area contributed by atoms with Crippen LogP contribution in [0.25, 0.3) is 17.0 Å². The summed E-state index contributed by atoms with van der Waals surface area (Å²) in [5, 5.41) is 4.36. The van der Waals surface area contributed by atoms with E-state index in [9.17, 15) is 0 Å². The normalized spacial score (nSPS) is 10.8. The summed E-state index contributed by atoms with van der Waals surface area (Å²) in [7, 11) is 3.23. The molecule has 0 spiro atoms. The van der Waals surface area contributed by atoms with Crippen LogP contribution in [0.3, 0.4) is 0 Å². The molecule has 6 heteroatoms. The highest BCUT2D eigenvalue weighted by Crippen LogP contribution is 2.31. The minimum absolute atomic E-state index is 0.579. The lowest BCUT2D eigenvalue weighted by atomic mass is 10.1. The molecule has 0 fully saturated rings. The van der Waals surface area contributed by atoms with Gasteiger partial charge in [-0.2, -0.15) is 9.50 Å². The highest BCUT2D eigenvalue weighted by Gasteiger charge is 2.11. The van der Waals surface area contributed by atoms with E-state index in [2.05, 4.69) is 15.1 Å². The van der Waals surface area contributed by atoms with Gasteiger partial charge in [0.15, 0.2) is 11.5 Å². The lowest BCUT2D eigenvalue weighted by Crippen LogP contribution is -1.97. The van der Waals surface area contributed by atoms with Gasteiger partial charge in [-0.15, -0.1) is 5.10 Å². The lowest BCUT2D eigenvalue weighted by Gasteiger charge is -2.10. The number of methoxy groups -OCH3 is 2. The third-order valence-corrected chi connectivity index (χ3v) is 3.03. The summed E-state index contributed by atoms with van der Waals surface area (Å²) in [5.41, 5.74) is 1.86. The number of fused-ring (bicyclic) bond motifs is 1. The molecule has 102 valence electrons. The van der Waals surface area contributed by atoms with Gasteiger partial charge in [0.1, 0.15) is 5.82 Å². The van der Waals surface area contributed by atoms with E-state index in [-0.39, 0.29) is 0 Å². The van der Waals surface area contributed by atoms with Crippen LogP contribution in [0.2, 0.25) is 0 Å². The summed E-state index contributed by atoms with van der Waals surface area (Å²) in [4.78, 5) is 8.46. The minimum Gasteiger partial charge on any atom is -0.493 e. The Morgan fingerprint density at radius 1 is 1.05 bits per heavy atom. The van der Waals surface area contributed by atoms with Gasteiger partial charge in [0.05, 0.1) is 19.9 Å². The van der Waals surface area contributed by atoms with Crippen molar-refractivity contribution in [2.45, 2.75) is 6.92 Å². The molecule has 0 saturated carbocycles. The Morgan fingerprint density at radius 3 is 2.60 bits per heavy atom. The zero-order valence-electron chi connectivity index (χ0n) is 11.5. The van der Waals surface area contributed by atoms with Crippen molar-refractivity contribution in [3.8, 4) is 22.8 Å². The van der Waals surface area contributed by atoms with Gasteiger partial charge in [-0.25, -0.2) is 4.98 Å². The van der Waals surface area contributed by atoms with Gasteiger partial charge in [-0.05, 0) is 31.2 Å². The van der Waals surface area contributed by atoms with Crippen LogP contribution >= 0.6 is 0 Å². The van der Waals surface area contributed by atoms with E-state index >= 15 is 0 Å². The molecule has 0 unspecified atom stereocenters. The van der Waals surface area contributed by atoms with Crippen LogP contribution in [-0.4, -0.2) is 33.8 Å². The summed E-state index contributed by atoms with van der Waals surface area (Å²) in [6, 6.07) is 7.62. The van der Waals surface area contributed by atoms with Gasteiger partial charge < -0.3 is 9.47 Å². The molecule has 0 radical (unpaired) electrons. The summed E-state index contributed by atoms with van der Waals surface area (Å²) in [6.45, 7) is 1.84. The molecule has 6 nitrogen and oxygen atoms in total. The number of hydrogen-bond donors (Lipinski definition) is 0. The Kier molecular flexibility index (Phi) is 2.98. The predicted octanol–water partition coefficient (Wildman–Crippen LogP) is 2.12. The van der Waals surface area contributed by atoms with E-state index in [0.29, 0.717) is 23.1 Å². The van der Waals surface area contributed by atoms with Gasteiger partial charge in [0.2, 0.25) is 0 Å². The van der Waals surface area contributed by atoms with Crippen LogP contribution in [0.15, 0.2) is 30.5 Å². The van der Waals surface area contributed by atoms with Crippen molar-refractivity contribution >= 4 is 5.78 Å². The van der Waals surface area contributed by atoms with Crippen LogP contribution in [0.4, 0.5) is 0 Å². The molecule has 2 heterocycles. The third kappa shape index (κ3) is 1.95. The van der Waals surface area contributed by atoms with Crippen LogP contribution in [0.1, 0.15) is 5.82 Å². The second-order valence-electron chi connectivity index (χ2n) is 4.27. The summed E-state index contributed by atoms with van der Waals surface area (Å²) in [5.74, 6) is 2.63. The Labute approximate surface area is 116 Å². The number of benzene rings is 1. The lowest BCUT2D eigenvalue weighted by molar-refractivity contribution is 0.355. The van der Waals surface area contributed by atoms with E-state index in [1.54, 1.807) is 24.9 Å².